The molecule has 0 bridgehead atoms. The second-order valence-electron chi connectivity index (χ2n) is 7.44. The van der Waals surface area contributed by atoms with Gasteiger partial charge in [0.15, 0.2) is 0 Å². The molecule has 6 nitrogen and oxygen atoms in total. The van der Waals surface area contributed by atoms with Gasteiger partial charge in [-0.3, -0.25) is 4.79 Å². The molecule has 0 heterocycles. The molecule has 0 aromatic heterocycles. The van der Waals surface area contributed by atoms with Crippen molar-refractivity contribution in [3.63, 3.8) is 0 Å². The maximum Gasteiger partial charge on any atom is 0.244 e. The van der Waals surface area contributed by atoms with Crippen molar-refractivity contribution in [2.75, 3.05) is 32.6 Å². The number of hydrogen-bond donors (Lipinski definition) is 2. The topological polar surface area (TPSA) is 78.5 Å². The third-order valence-corrected chi connectivity index (χ3v) is 7.06. The molecule has 2 aromatic rings. The van der Waals surface area contributed by atoms with Gasteiger partial charge in [-0.25, -0.2) is 12.8 Å². The minimum absolute atomic E-state index is 0.0377. The van der Waals surface area contributed by atoms with E-state index in [1.807, 2.05) is 55.6 Å². The third kappa shape index (κ3) is 7.92. The number of carbonyl (C=O) groups is 1. The molecule has 1 amide bonds. The van der Waals surface area contributed by atoms with Crippen molar-refractivity contribution in [2.45, 2.75) is 29.8 Å². The van der Waals surface area contributed by atoms with Gasteiger partial charge in [-0.05, 0) is 56.6 Å². The fourth-order valence-electron chi connectivity index (χ4n) is 3.06. The summed E-state index contributed by atoms with van der Waals surface area (Å²) in [6.45, 7) is 0.359. The molecule has 0 aliphatic carbocycles. The Hall–Kier alpha value is -1.94. The van der Waals surface area contributed by atoms with Crippen LogP contribution >= 0.6 is 11.8 Å². The molecule has 2 N–H and O–H groups in total. The largest absolute Gasteiger partial charge is 0.353 e. The number of nitrogens with zero attached hydrogens (tertiary/aromatic N) is 1. The van der Waals surface area contributed by atoms with E-state index in [4.69, 9.17) is 0 Å². The molecule has 170 valence electrons. The van der Waals surface area contributed by atoms with E-state index in [0.29, 0.717) is 18.7 Å². The highest BCUT2D eigenvalue weighted by atomic mass is 32.2. The fourth-order valence-corrected chi connectivity index (χ4v) is 4.84. The van der Waals surface area contributed by atoms with E-state index in [-0.39, 0.29) is 6.04 Å². The minimum Gasteiger partial charge on any atom is -0.353 e. The van der Waals surface area contributed by atoms with Gasteiger partial charge in [-0.15, -0.1) is 0 Å². The first-order valence-corrected chi connectivity index (χ1v) is 12.9. The number of nitrogens with one attached hydrogen (secondary N) is 2. The summed E-state index contributed by atoms with van der Waals surface area (Å²) in [6, 6.07) is 14.1. The lowest BCUT2D eigenvalue weighted by Crippen LogP contribution is -2.50. The van der Waals surface area contributed by atoms with E-state index in [1.165, 1.54) is 30.0 Å². The van der Waals surface area contributed by atoms with Crippen LogP contribution in [0.4, 0.5) is 4.39 Å². The number of thioether (sulfide) groups is 1. The van der Waals surface area contributed by atoms with Crippen LogP contribution in [0.25, 0.3) is 0 Å². The molecule has 0 spiro atoms. The number of likely N-dealkylation sites (N-methyl/N-ethyl adjacent to an activating group) is 1. The molecule has 2 aromatic carbocycles. The van der Waals surface area contributed by atoms with E-state index in [0.717, 1.165) is 18.1 Å². The normalized spacial score (nSPS) is 13.7. The van der Waals surface area contributed by atoms with E-state index >= 15 is 0 Å². The van der Waals surface area contributed by atoms with E-state index in [9.17, 15) is 17.6 Å². The Morgan fingerprint density at radius 3 is 2.35 bits per heavy atom. The number of amides is 1. The second kappa shape index (κ2) is 12.2. The zero-order valence-corrected chi connectivity index (χ0v) is 19.7. The Labute approximate surface area is 188 Å². The van der Waals surface area contributed by atoms with E-state index in [1.54, 1.807) is 0 Å². The standard InChI is InChI=1S/C22H30FN3O3S2/c1-26(2)18(15-17-9-5-4-6-10-17)16-24-22(27)20(13-14-30-3)25-31(28,29)21-12-8-7-11-19(21)23/h4-12,18,20,25H,13-16H2,1-3H3,(H,24,27). The summed E-state index contributed by atoms with van der Waals surface area (Å²) in [5.41, 5.74) is 1.15. The molecule has 31 heavy (non-hydrogen) atoms. The van der Waals surface area contributed by atoms with Crippen LogP contribution in [0.3, 0.4) is 0 Å². The summed E-state index contributed by atoms with van der Waals surface area (Å²) >= 11 is 1.51. The Kier molecular flexibility index (Phi) is 9.95. The molecule has 0 aliphatic heterocycles. The summed E-state index contributed by atoms with van der Waals surface area (Å²) in [5, 5.41) is 2.87. The van der Waals surface area contributed by atoms with Crippen LogP contribution < -0.4 is 10.0 Å². The average molecular weight is 468 g/mol. The van der Waals surface area contributed by atoms with Crippen molar-refractivity contribution in [1.82, 2.24) is 14.9 Å². The fraction of sp³-hybridized carbons (Fsp3) is 0.409. The van der Waals surface area contributed by atoms with Crippen LogP contribution in [-0.2, 0) is 21.2 Å². The molecule has 0 saturated heterocycles. The predicted octanol–water partition coefficient (Wildman–Crippen LogP) is 2.51. The van der Waals surface area contributed by atoms with E-state index < -0.39 is 32.7 Å². The Morgan fingerprint density at radius 2 is 1.74 bits per heavy atom. The van der Waals surface area contributed by atoms with Gasteiger partial charge in [0, 0.05) is 12.6 Å². The van der Waals surface area contributed by atoms with Gasteiger partial charge in [0.1, 0.15) is 16.8 Å². The smallest absolute Gasteiger partial charge is 0.244 e. The second-order valence-corrected chi connectivity index (χ2v) is 10.1. The maximum absolute atomic E-state index is 14.0. The van der Waals surface area contributed by atoms with Crippen molar-refractivity contribution in [2.24, 2.45) is 0 Å². The molecule has 9 heteroatoms. The number of halogens is 1. The lowest BCUT2D eigenvalue weighted by Gasteiger charge is -2.26. The van der Waals surface area contributed by atoms with Crippen molar-refractivity contribution in [3.05, 3.63) is 66.0 Å². The molecular weight excluding hydrogens is 437 g/mol. The van der Waals surface area contributed by atoms with Crippen LogP contribution in [0.15, 0.2) is 59.5 Å². The van der Waals surface area contributed by atoms with Crippen molar-refractivity contribution in [3.8, 4) is 0 Å². The molecule has 0 aliphatic rings. The SMILES string of the molecule is CSCCC(NS(=O)(=O)c1ccccc1F)C(=O)NCC(Cc1ccccc1)N(C)C. The highest BCUT2D eigenvalue weighted by Gasteiger charge is 2.27. The zero-order chi connectivity index (χ0) is 22.9. The monoisotopic (exact) mass is 467 g/mol. The van der Waals surface area contributed by atoms with Crippen LogP contribution in [0.2, 0.25) is 0 Å². The summed E-state index contributed by atoms with van der Waals surface area (Å²) in [6.07, 6.45) is 2.92. The first-order valence-electron chi connectivity index (χ1n) is 9.98. The quantitative estimate of drug-likeness (QED) is 0.502. The Morgan fingerprint density at radius 1 is 1.10 bits per heavy atom. The van der Waals surface area contributed by atoms with Gasteiger partial charge in [0.25, 0.3) is 0 Å². The van der Waals surface area contributed by atoms with E-state index in [2.05, 4.69) is 10.0 Å². The van der Waals surface area contributed by atoms with Crippen LogP contribution in [-0.4, -0.2) is 64.0 Å². The Balaban J connectivity index is 2.08. The highest BCUT2D eigenvalue weighted by molar-refractivity contribution is 7.98. The molecule has 0 radical (unpaired) electrons. The van der Waals surface area contributed by atoms with Gasteiger partial charge in [0.05, 0.1) is 0 Å². The van der Waals surface area contributed by atoms with Crippen molar-refractivity contribution in [1.29, 1.82) is 0 Å². The number of sulfonamides is 1. The van der Waals surface area contributed by atoms with Gasteiger partial charge in [0.2, 0.25) is 15.9 Å². The predicted molar refractivity (Wildman–Crippen MR) is 124 cm³/mol. The van der Waals surface area contributed by atoms with Crippen LogP contribution in [0, 0.1) is 5.82 Å². The maximum atomic E-state index is 14.0. The average Bonchev–Trinajstić information content (AvgIpc) is 2.74. The summed E-state index contributed by atoms with van der Waals surface area (Å²) in [4.78, 5) is 14.4. The molecule has 2 unspecified atom stereocenters. The Bertz CT molecular complexity index is 940. The number of carbonyl (C=O) groups excluding carboxylic acids is 1. The summed E-state index contributed by atoms with van der Waals surface area (Å²) in [7, 11) is -0.302. The van der Waals surface area contributed by atoms with Gasteiger partial charge in [-0.2, -0.15) is 16.5 Å². The van der Waals surface area contributed by atoms with Gasteiger partial charge in [-0.1, -0.05) is 42.5 Å². The van der Waals surface area contributed by atoms with Gasteiger partial charge >= 0.3 is 0 Å². The lowest BCUT2D eigenvalue weighted by atomic mass is 10.0. The molecular formula is C22H30FN3O3S2. The summed E-state index contributed by atoms with van der Waals surface area (Å²) < 4.78 is 41.7. The minimum atomic E-state index is -4.17. The van der Waals surface area contributed by atoms with Crippen molar-refractivity contribution < 1.29 is 17.6 Å². The lowest BCUT2D eigenvalue weighted by molar-refractivity contribution is -0.123. The zero-order valence-electron chi connectivity index (χ0n) is 18.0. The third-order valence-electron chi connectivity index (χ3n) is 4.91. The van der Waals surface area contributed by atoms with Crippen LogP contribution in [0.5, 0.6) is 0 Å². The molecule has 2 atom stereocenters. The number of benzene rings is 2. The van der Waals surface area contributed by atoms with Gasteiger partial charge < -0.3 is 10.2 Å². The summed E-state index contributed by atoms with van der Waals surface area (Å²) in [5.74, 6) is -0.692. The van der Waals surface area contributed by atoms with Crippen molar-refractivity contribution >= 4 is 27.7 Å². The molecule has 0 saturated carbocycles. The van der Waals surface area contributed by atoms with Crippen LogP contribution in [0.1, 0.15) is 12.0 Å². The molecule has 0 fully saturated rings. The highest BCUT2D eigenvalue weighted by Crippen LogP contribution is 2.15. The number of rotatable bonds is 12. The number of hydrogen-bond acceptors (Lipinski definition) is 5. The first kappa shape index (κ1) is 25.3. The first-order chi connectivity index (χ1) is 14.7. The molecule has 2 rings (SSSR count).